The first-order valence-corrected chi connectivity index (χ1v) is 8.11. The summed E-state index contributed by atoms with van der Waals surface area (Å²) in [6.07, 6.45) is 4.32. The summed E-state index contributed by atoms with van der Waals surface area (Å²) in [5.74, 6) is -0.304. The van der Waals surface area contributed by atoms with Crippen LogP contribution in [-0.4, -0.2) is 36.8 Å². The summed E-state index contributed by atoms with van der Waals surface area (Å²) >= 11 is 1.66. The van der Waals surface area contributed by atoms with E-state index in [2.05, 4.69) is 10.3 Å². The van der Waals surface area contributed by atoms with Crippen molar-refractivity contribution in [3.63, 3.8) is 0 Å². The SMILES string of the molecule is CCOC(=O)C1CCc2sc(NCC3CCCO3)nc21. The molecule has 0 aromatic carbocycles. The summed E-state index contributed by atoms with van der Waals surface area (Å²) in [7, 11) is 0. The number of anilines is 1. The van der Waals surface area contributed by atoms with Gasteiger partial charge < -0.3 is 14.8 Å². The van der Waals surface area contributed by atoms with Gasteiger partial charge in [-0.1, -0.05) is 0 Å². The van der Waals surface area contributed by atoms with Crippen LogP contribution in [0.25, 0.3) is 0 Å². The van der Waals surface area contributed by atoms with E-state index in [-0.39, 0.29) is 11.9 Å². The number of nitrogens with one attached hydrogen (secondary N) is 1. The lowest BCUT2D eigenvalue weighted by atomic mass is 10.1. The molecule has 1 aliphatic heterocycles. The Hall–Kier alpha value is -1.14. The fourth-order valence-corrected chi connectivity index (χ4v) is 3.83. The summed E-state index contributed by atoms with van der Waals surface area (Å²) in [6, 6.07) is 0. The minimum absolute atomic E-state index is 0.137. The topological polar surface area (TPSA) is 60.5 Å². The van der Waals surface area contributed by atoms with Crippen LogP contribution in [0.2, 0.25) is 0 Å². The van der Waals surface area contributed by atoms with Gasteiger partial charge in [-0.2, -0.15) is 0 Å². The molecule has 6 heteroatoms. The number of rotatable bonds is 5. The highest BCUT2D eigenvalue weighted by Crippen LogP contribution is 2.39. The molecule has 110 valence electrons. The molecule has 0 amide bonds. The molecule has 1 fully saturated rings. The number of carbonyl (C=O) groups excluding carboxylic acids is 1. The summed E-state index contributed by atoms with van der Waals surface area (Å²) in [4.78, 5) is 17.7. The van der Waals surface area contributed by atoms with Gasteiger partial charge in [-0.25, -0.2) is 4.98 Å². The summed E-state index contributed by atoms with van der Waals surface area (Å²) in [5.41, 5.74) is 0.920. The van der Waals surface area contributed by atoms with E-state index in [0.29, 0.717) is 12.7 Å². The van der Waals surface area contributed by atoms with Crippen LogP contribution in [0.3, 0.4) is 0 Å². The van der Waals surface area contributed by atoms with Crippen LogP contribution in [0, 0.1) is 0 Å². The number of thiazole rings is 1. The van der Waals surface area contributed by atoms with Crippen molar-refractivity contribution < 1.29 is 14.3 Å². The highest BCUT2D eigenvalue weighted by molar-refractivity contribution is 7.15. The third kappa shape index (κ3) is 2.81. The summed E-state index contributed by atoms with van der Waals surface area (Å²) in [6.45, 7) is 3.93. The molecule has 2 atom stereocenters. The van der Waals surface area contributed by atoms with Crippen LogP contribution < -0.4 is 5.32 Å². The maximum absolute atomic E-state index is 11.9. The molecule has 0 bridgehead atoms. The number of ether oxygens (including phenoxy) is 2. The number of carbonyl (C=O) groups is 1. The number of aryl methyl sites for hydroxylation is 1. The highest BCUT2D eigenvalue weighted by Gasteiger charge is 2.33. The molecule has 5 nitrogen and oxygen atoms in total. The largest absolute Gasteiger partial charge is 0.465 e. The van der Waals surface area contributed by atoms with Crippen LogP contribution in [0.15, 0.2) is 0 Å². The zero-order valence-corrected chi connectivity index (χ0v) is 12.5. The van der Waals surface area contributed by atoms with Crippen molar-refractivity contribution in [3.05, 3.63) is 10.6 Å². The van der Waals surface area contributed by atoms with E-state index < -0.39 is 0 Å². The maximum atomic E-state index is 11.9. The van der Waals surface area contributed by atoms with Crippen molar-refractivity contribution in [1.29, 1.82) is 0 Å². The number of hydrogen-bond donors (Lipinski definition) is 1. The van der Waals surface area contributed by atoms with Crippen LogP contribution >= 0.6 is 11.3 Å². The predicted molar refractivity (Wildman–Crippen MR) is 77.3 cm³/mol. The lowest BCUT2D eigenvalue weighted by Crippen LogP contribution is -2.18. The second-order valence-electron chi connectivity index (χ2n) is 5.19. The first kappa shape index (κ1) is 13.8. The molecule has 20 heavy (non-hydrogen) atoms. The Labute approximate surface area is 122 Å². The van der Waals surface area contributed by atoms with Gasteiger partial charge >= 0.3 is 5.97 Å². The van der Waals surface area contributed by atoms with Crippen molar-refractivity contribution >= 4 is 22.4 Å². The van der Waals surface area contributed by atoms with Gasteiger partial charge in [0.15, 0.2) is 5.13 Å². The number of fused-ring (bicyclic) bond motifs is 1. The Balaban J connectivity index is 1.62. The van der Waals surface area contributed by atoms with Gasteiger partial charge in [0.25, 0.3) is 0 Å². The van der Waals surface area contributed by atoms with Crippen molar-refractivity contribution in [2.24, 2.45) is 0 Å². The van der Waals surface area contributed by atoms with Gasteiger partial charge in [0.1, 0.15) is 5.92 Å². The Morgan fingerprint density at radius 2 is 2.45 bits per heavy atom. The fraction of sp³-hybridized carbons (Fsp3) is 0.714. The summed E-state index contributed by atoms with van der Waals surface area (Å²) < 4.78 is 10.7. The predicted octanol–water partition coefficient (Wildman–Crippen LogP) is 2.33. The molecule has 1 aliphatic carbocycles. The lowest BCUT2D eigenvalue weighted by molar-refractivity contribution is -0.145. The normalized spacial score (nSPS) is 24.6. The van der Waals surface area contributed by atoms with Gasteiger partial charge in [-0.05, 0) is 32.6 Å². The fourth-order valence-electron chi connectivity index (χ4n) is 2.78. The van der Waals surface area contributed by atoms with Gasteiger partial charge in [-0.3, -0.25) is 4.79 Å². The minimum atomic E-state index is -0.167. The number of esters is 1. The molecule has 2 heterocycles. The number of hydrogen-bond acceptors (Lipinski definition) is 6. The van der Waals surface area contributed by atoms with E-state index in [0.717, 1.165) is 49.7 Å². The third-order valence-electron chi connectivity index (χ3n) is 3.79. The second kappa shape index (κ2) is 6.10. The van der Waals surface area contributed by atoms with E-state index >= 15 is 0 Å². The van der Waals surface area contributed by atoms with Gasteiger partial charge in [0, 0.05) is 18.0 Å². The van der Waals surface area contributed by atoms with Crippen LogP contribution in [-0.2, 0) is 20.7 Å². The van der Waals surface area contributed by atoms with E-state index in [9.17, 15) is 4.79 Å². The maximum Gasteiger partial charge on any atom is 0.315 e. The molecule has 2 unspecified atom stereocenters. The van der Waals surface area contributed by atoms with E-state index in [1.54, 1.807) is 11.3 Å². The average Bonchev–Trinajstić information content (AvgIpc) is 3.13. The van der Waals surface area contributed by atoms with Crippen molar-refractivity contribution in [1.82, 2.24) is 4.98 Å². The molecule has 1 saturated heterocycles. The Kier molecular flexibility index (Phi) is 4.21. The lowest BCUT2D eigenvalue weighted by Gasteiger charge is -2.10. The number of aromatic nitrogens is 1. The number of nitrogens with zero attached hydrogens (tertiary/aromatic N) is 1. The Bertz CT molecular complexity index is 483. The second-order valence-corrected chi connectivity index (χ2v) is 6.27. The van der Waals surface area contributed by atoms with Crippen LogP contribution in [0.1, 0.15) is 42.7 Å². The molecule has 0 saturated carbocycles. The third-order valence-corrected chi connectivity index (χ3v) is 4.88. The van der Waals surface area contributed by atoms with Crippen molar-refractivity contribution in [2.45, 2.75) is 44.6 Å². The standard InChI is InChI=1S/C14H20N2O3S/c1-2-18-13(17)10-5-6-11-12(10)16-14(20-11)15-8-9-4-3-7-19-9/h9-10H,2-8H2,1H3,(H,15,16). The highest BCUT2D eigenvalue weighted by atomic mass is 32.1. The molecular weight excluding hydrogens is 276 g/mol. The van der Waals surface area contributed by atoms with E-state index in [1.165, 1.54) is 4.88 Å². The van der Waals surface area contributed by atoms with E-state index in [1.807, 2.05) is 6.92 Å². The molecule has 0 radical (unpaired) electrons. The van der Waals surface area contributed by atoms with E-state index in [4.69, 9.17) is 9.47 Å². The quantitative estimate of drug-likeness (QED) is 0.845. The van der Waals surface area contributed by atoms with Gasteiger partial charge in [0.2, 0.25) is 0 Å². The smallest absolute Gasteiger partial charge is 0.315 e. The molecule has 0 spiro atoms. The first-order chi connectivity index (χ1) is 9.78. The van der Waals surface area contributed by atoms with Gasteiger partial charge in [-0.15, -0.1) is 11.3 Å². The minimum Gasteiger partial charge on any atom is -0.465 e. The Morgan fingerprint density at radius 1 is 1.55 bits per heavy atom. The van der Waals surface area contributed by atoms with Gasteiger partial charge in [0.05, 0.1) is 18.4 Å². The molecular formula is C14H20N2O3S. The zero-order chi connectivity index (χ0) is 13.9. The van der Waals surface area contributed by atoms with Crippen LogP contribution in [0.4, 0.5) is 5.13 Å². The van der Waals surface area contributed by atoms with Crippen LogP contribution in [0.5, 0.6) is 0 Å². The average molecular weight is 296 g/mol. The molecule has 1 aromatic heterocycles. The van der Waals surface area contributed by atoms with Crippen molar-refractivity contribution in [3.8, 4) is 0 Å². The summed E-state index contributed by atoms with van der Waals surface area (Å²) in [5, 5.41) is 4.24. The molecule has 1 N–H and O–H groups in total. The molecule has 1 aromatic rings. The zero-order valence-electron chi connectivity index (χ0n) is 11.7. The van der Waals surface area contributed by atoms with Crippen molar-refractivity contribution in [2.75, 3.05) is 25.1 Å². The molecule has 2 aliphatic rings. The first-order valence-electron chi connectivity index (χ1n) is 7.29. The Morgan fingerprint density at radius 3 is 3.20 bits per heavy atom. The molecule has 3 rings (SSSR count). The monoisotopic (exact) mass is 296 g/mol.